The Bertz CT molecular complexity index is 358. The van der Waals surface area contributed by atoms with E-state index >= 15 is 0 Å². The first-order chi connectivity index (χ1) is 9.67. The van der Waals surface area contributed by atoms with Gasteiger partial charge < -0.3 is 14.8 Å². The molecule has 0 saturated heterocycles. The van der Waals surface area contributed by atoms with Crippen molar-refractivity contribution in [2.45, 2.75) is 45.1 Å². The van der Waals surface area contributed by atoms with E-state index in [0.717, 1.165) is 25.7 Å². The first-order valence-corrected chi connectivity index (χ1v) is 7.62. The molecular weight excluding hydrogens is 258 g/mol. The van der Waals surface area contributed by atoms with Crippen molar-refractivity contribution in [1.29, 1.82) is 0 Å². The average molecular weight is 283 g/mol. The minimum Gasteiger partial charge on any atom is -0.469 e. The second-order valence-corrected chi connectivity index (χ2v) is 5.78. The number of hydrogen-bond acceptors (Lipinski definition) is 4. The second kappa shape index (κ2) is 7.07. The van der Waals surface area contributed by atoms with Gasteiger partial charge >= 0.3 is 5.97 Å². The molecule has 0 radical (unpaired) electrons. The molecule has 2 saturated carbocycles. The van der Waals surface area contributed by atoms with Crippen LogP contribution in [0.25, 0.3) is 0 Å². The van der Waals surface area contributed by atoms with Gasteiger partial charge in [-0.2, -0.15) is 0 Å². The molecule has 0 aromatic heterocycles. The highest BCUT2D eigenvalue weighted by molar-refractivity contribution is 5.79. The standard InChI is InChI=1S/C15H25NO4/c1-3-20-8-4-5-12(17)16-14-11-7-6-10(9-11)13(14)15(18)19-2/h10-11,13-14H,3-9H2,1-2H3,(H,16,17)/t10-,11-,13+,14-/m0/s1. The van der Waals surface area contributed by atoms with E-state index in [4.69, 9.17) is 9.47 Å². The van der Waals surface area contributed by atoms with Gasteiger partial charge in [0.05, 0.1) is 13.0 Å². The summed E-state index contributed by atoms with van der Waals surface area (Å²) in [6.45, 7) is 3.23. The maximum atomic E-state index is 12.0. The van der Waals surface area contributed by atoms with E-state index < -0.39 is 0 Å². The Morgan fingerprint density at radius 2 is 2.00 bits per heavy atom. The first-order valence-electron chi connectivity index (χ1n) is 7.62. The fourth-order valence-corrected chi connectivity index (χ4v) is 3.71. The van der Waals surface area contributed by atoms with Crippen LogP contribution in [0.1, 0.15) is 39.0 Å². The Morgan fingerprint density at radius 3 is 2.70 bits per heavy atom. The topological polar surface area (TPSA) is 64.6 Å². The predicted molar refractivity (Wildman–Crippen MR) is 74.0 cm³/mol. The number of methoxy groups -OCH3 is 1. The van der Waals surface area contributed by atoms with Crippen LogP contribution in [-0.2, 0) is 19.1 Å². The summed E-state index contributed by atoms with van der Waals surface area (Å²) in [5, 5.41) is 3.06. The number of esters is 1. The zero-order valence-electron chi connectivity index (χ0n) is 12.4. The van der Waals surface area contributed by atoms with Gasteiger partial charge in [-0.1, -0.05) is 0 Å². The van der Waals surface area contributed by atoms with Crippen LogP contribution in [0, 0.1) is 17.8 Å². The zero-order valence-corrected chi connectivity index (χ0v) is 12.4. The number of hydrogen-bond donors (Lipinski definition) is 1. The number of nitrogens with one attached hydrogen (secondary N) is 1. The van der Waals surface area contributed by atoms with Crippen LogP contribution in [0.5, 0.6) is 0 Å². The number of ether oxygens (including phenoxy) is 2. The van der Waals surface area contributed by atoms with Crippen LogP contribution in [0.2, 0.25) is 0 Å². The maximum absolute atomic E-state index is 12.0. The summed E-state index contributed by atoms with van der Waals surface area (Å²) in [5.74, 6) is 0.545. The summed E-state index contributed by atoms with van der Waals surface area (Å²) < 4.78 is 10.1. The molecule has 2 aliphatic rings. The van der Waals surface area contributed by atoms with Gasteiger partial charge in [0, 0.05) is 25.7 Å². The molecule has 1 amide bonds. The van der Waals surface area contributed by atoms with Crippen molar-refractivity contribution in [2.75, 3.05) is 20.3 Å². The molecule has 1 N–H and O–H groups in total. The largest absolute Gasteiger partial charge is 0.469 e. The molecule has 2 rings (SSSR count). The lowest BCUT2D eigenvalue weighted by atomic mass is 9.84. The van der Waals surface area contributed by atoms with Gasteiger partial charge in [-0.05, 0) is 44.4 Å². The first kappa shape index (κ1) is 15.3. The molecule has 0 aromatic rings. The molecule has 2 fully saturated rings. The van der Waals surface area contributed by atoms with Gasteiger partial charge in [0.1, 0.15) is 0 Å². The monoisotopic (exact) mass is 283 g/mol. The number of fused-ring (bicyclic) bond motifs is 2. The number of carbonyl (C=O) groups excluding carboxylic acids is 2. The van der Waals surface area contributed by atoms with Crippen LogP contribution in [0.15, 0.2) is 0 Å². The van der Waals surface area contributed by atoms with Crippen LogP contribution >= 0.6 is 0 Å². The highest BCUT2D eigenvalue weighted by atomic mass is 16.5. The molecule has 5 heteroatoms. The Morgan fingerprint density at radius 1 is 1.25 bits per heavy atom. The van der Waals surface area contributed by atoms with Gasteiger partial charge in [0.2, 0.25) is 5.91 Å². The van der Waals surface area contributed by atoms with Gasteiger partial charge in [-0.15, -0.1) is 0 Å². The third-order valence-corrected chi connectivity index (χ3v) is 4.61. The molecule has 0 unspecified atom stereocenters. The third-order valence-electron chi connectivity index (χ3n) is 4.61. The molecule has 2 aliphatic carbocycles. The average Bonchev–Trinajstić information content (AvgIpc) is 3.04. The third kappa shape index (κ3) is 3.32. The van der Waals surface area contributed by atoms with Crippen molar-refractivity contribution in [1.82, 2.24) is 5.32 Å². The van der Waals surface area contributed by atoms with Gasteiger partial charge in [-0.25, -0.2) is 0 Å². The van der Waals surface area contributed by atoms with Crippen LogP contribution in [0.4, 0.5) is 0 Å². The molecule has 5 nitrogen and oxygen atoms in total. The normalized spacial score (nSPS) is 31.3. The molecule has 0 aromatic carbocycles. The lowest BCUT2D eigenvalue weighted by Crippen LogP contribution is -2.47. The molecule has 4 atom stereocenters. The maximum Gasteiger partial charge on any atom is 0.311 e. The van der Waals surface area contributed by atoms with Gasteiger partial charge in [0.25, 0.3) is 0 Å². The summed E-state index contributed by atoms with van der Waals surface area (Å²) in [7, 11) is 1.43. The summed E-state index contributed by atoms with van der Waals surface area (Å²) >= 11 is 0. The fourth-order valence-electron chi connectivity index (χ4n) is 3.71. The SMILES string of the molecule is CCOCCCC(=O)N[C@H]1[C@H]2CC[C@@H](C2)[C@H]1C(=O)OC. The van der Waals surface area contributed by atoms with Gasteiger partial charge in [0.15, 0.2) is 0 Å². The van der Waals surface area contributed by atoms with E-state index in [1.807, 2.05) is 6.92 Å². The van der Waals surface area contributed by atoms with Crippen LogP contribution in [-0.4, -0.2) is 38.2 Å². The zero-order chi connectivity index (χ0) is 14.5. The minimum absolute atomic E-state index is 0.0242. The van der Waals surface area contributed by atoms with Crippen molar-refractivity contribution < 1.29 is 19.1 Å². The summed E-state index contributed by atoms with van der Waals surface area (Å²) in [4.78, 5) is 23.9. The smallest absolute Gasteiger partial charge is 0.311 e. The molecule has 0 heterocycles. The lowest BCUT2D eigenvalue weighted by Gasteiger charge is -2.29. The number of amides is 1. The molecule has 0 spiro atoms. The molecule has 0 aliphatic heterocycles. The minimum atomic E-state index is -0.170. The van der Waals surface area contributed by atoms with E-state index in [1.165, 1.54) is 7.11 Å². The lowest BCUT2D eigenvalue weighted by molar-refractivity contribution is -0.148. The van der Waals surface area contributed by atoms with Gasteiger partial charge in [-0.3, -0.25) is 9.59 Å². The highest BCUT2D eigenvalue weighted by Crippen LogP contribution is 2.48. The number of rotatable bonds is 7. The Hall–Kier alpha value is -1.10. The summed E-state index contributed by atoms with van der Waals surface area (Å²) in [6.07, 6.45) is 4.43. The van der Waals surface area contributed by atoms with E-state index in [1.54, 1.807) is 0 Å². The van der Waals surface area contributed by atoms with E-state index in [0.29, 0.717) is 31.5 Å². The van der Waals surface area contributed by atoms with Crippen molar-refractivity contribution in [3.8, 4) is 0 Å². The van der Waals surface area contributed by atoms with Crippen molar-refractivity contribution in [3.63, 3.8) is 0 Å². The fraction of sp³-hybridized carbons (Fsp3) is 0.867. The van der Waals surface area contributed by atoms with Crippen molar-refractivity contribution in [3.05, 3.63) is 0 Å². The molecule has 2 bridgehead atoms. The Balaban J connectivity index is 1.84. The van der Waals surface area contributed by atoms with E-state index in [-0.39, 0.29) is 23.8 Å². The Labute approximate surface area is 120 Å². The van der Waals surface area contributed by atoms with Crippen molar-refractivity contribution >= 4 is 11.9 Å². The van der Waals surface area contributed by atoms with Crippen LogP contribution in [0.3, 0.4) is 0 Å². The molecule has 20 heavy (non-hydrogen) atoms. The van der Waals surface area contributed by atoms with E-state index in [2.05, 4.69) is 5.32 Å². The summed E-state index contributed by atoms with van der Waals surface area (Å²) in [6, 6.07) is -0.0270. The molecule has 114 valence electrons. The summed E-state index contributed by atoms with van der Waals surface area (Å²) in [5.41, 5.74) is 0. The second-order valence-electron chi connectivity index (χ2n) is 5.78. The predicted octanol–water partition coefficient (Wildman–Crippen LogP) is 1.51. The Kier molecular flexibility index (Phi) is 5.40. The highest BCUT2D eigenvalue weighted by Gasteiger charge is 2.51. The van der Waals surface area contributed by atoms with Crippen molar-refractivity contribution in [2.24, 2.45) is 17.8 Å². The number of carbonyl (C=O) groups is 2. The van der Waals surface area contributed by atoms with E-state index in [9.17, 15) is 9.59 Å². The van der Waals surface area contributed by atoms with Crippen LogP contribution < -0.4 is 5.32 Å². The molecular formula is C15H25NO4. The quantitative estimate of drug-likeness (QED) is 0.568.